The topological polar surface area (TPSA) is 56.2 Å². The van der Waals surface area contributed by atoms with Gasteiger partial charge in [-0.2, -0.15) is 0 Å². The summed E-state index contributed by atoms with van der Waals surface area (Å²) in [6.45, 7) is 4.87. The fraction of sp³-hybridized carbons (Fsp3) is 0.357. The van der Waals surface area contributed by atoms with Crippen LogP contribution in [0.2, 0.25) is 0 Å². The quantitative estimate of drug-likeness (QED) is 0.520. The Balaban J connectivity index is 1.32. The Bertz CT molecular complexity index is 1060. The molecule has 1 fully saturated rings. The molecule has 3 aromatic rings. The van der Waals surface area contributed by atoms with Crippen LogP contribution in [0.3, 0.4) is 0 Å². The highest BCUT2D eigenvalue weighted by Crippen LogP contribution is 2.41. The number of hydrogen-bond donors (Lipinski definition) is 2. The van der Waals surface area contributed by atoms with Gasteiger partial charge >= 0.3 is 0 Å². The smallest absolute Gasteiger partial charge is 0.119 e. The molecule has 2 aliphatic rings. The van der Waals surface area contributed by atoms with Gasteiger partial charge in [-0.05, 0) is 97.9 Å². The van der Waals surface area contributed by atoms with Gasteiger partial charge in [0.05, 0.1) is 6.04 Å². The monoisotopic (exact) mass is 444 g/mol. The third-order valence-corrected chi connectivity index (χ3v) is 6.86. The van der Waals surface area contributed by atoms with E-state index in [-0.39, 0.29) is 11.8 Å². The van der Waals surface area contributed by atoms with Gasteiger partial charge in [-0.3, -0.25) is 4.90 Å². The van der Waals surface area contributed by atoms with E-state index in [2.05, 4.69) is 34.1 Å². The van der Waals surface area contributed by atoms with Gasteiger partial charge < -0.3 is 19.8 Å². The molecule has 0 bridgehead atoms. The van der Waals surface area contributed by atoms with Crippen molar-refractivity contribution in [3.8, 4) is 17.2 Å². The predicted octanol–water partition coefficient (Wildman–Crippen LogP) is 5.27. The molecular formula is C28H32N2O3. The first-order chi connectivity index (χ1) is 16.2. The molecule has 0 spiro atoms. The largest absolute Gasteiger partial charge is 0.508 e. The molecule has 2 heterocycles. The van der Waals surface area contributed by atoms with E-state index in [9.17, 15) is 10.2 Å². The highest BCUT2D eigenvalue weighted by Gasteiger charge is 2.28. The molecule has 0 aromatic heterocycles. The van der Waals surface area contributed by atoms with E-state index in [4.69, 9.17) is 4.74 Å². The summed E-state index contributed by atoms with van der Waals surface area (Å²) in [5.41, 5.74) is 4.73. The standard InChI is InChI=1S/C28H32N2O3/c31-24-8-5-22(6-9-24)27-13-7-23-19-25(32)10-14-28(23)30(27)20-21-3-11-26(12-4-21)33-18-17-29-15-1-2-16-29/h3-6,8-12,14,19,27,31-32H,1-2,7,13,15-18,20H2/t27-/m1/s1. The van der Waals surface area contributed by atoms with E-state index < -0.39 is 0 Å². The van der Waals surface area contributed by atoms with Crippen molar-refractivity contribution in [3.63, 3.8) is 0 Å². The highest BCUT2D eigenvalue weighted by atomic mass is 16.5. The number of aromatic hydroxyl groups is 2. The zero-order chi connectivity index (χ0) is 22.6. The average molecular weight is 445 g/mol. The molecular weight excluding hydrogens is 412 g/mol. The minimum atomic E-state index is 0.207. The molecule has 3 aromatic carbocycles. The second-order valence-electron chi connectivity index (χ2n) is 9.13. The van der Waals surface area contributed by atoms with Gasteiger partial charge in [0, 0.05) is 18.8 Å². The van der Waals surface area contributed by atoms with Crippen LogP contribution < -0.4 is 9.64 Å². The summed E-state index contributed by atoms with van der Waals surface area (Å²) in [5, 5.41) is 19.7. The second kappa shape index (κ2) is 9.75. The van der Waals surface area contributed by atoms with Crippen molar-refractivity contribution in [2.24, 2.45) is 0 Å². The molecule has 0 amide bonds. The minimum Gasteiger partial charge on any atom is -0.508 e. The number of nitrogens with zero attached hydrogens (tertiary/aromatic N) is 2. The summed E-state index contributed by atoms with van der Waals surface area (Å²) in [7, 11) is 0. The number of ether oxygens (including phenoxy) is 1. The second-order valence-corrected chi connectivity index (χ2v) is 9.13. The Labute approximate surface area is 195 Å². The predicted molar refractivity (Wildman–Crippen MR) is 131 cm³/mol. The Morgan fingerprint density at radius 3 is 2.33 bits per heavy atom. The molecule has 33 heavy (non-hydrogen) atoms. The third-order valence-electron chi connectivity index (χ3n) is 6.86. The molecule has 0 aliphatic carbocycles. The third kappa shape index (κ3) is 5.09. The molecule has 1 atom stereocenters. The molecule has 5 nitrogen and oxygen atoms in total. The van der Waals surface area contributed by atoms with Crippen LogP contribution in [0.1, 0.15) is 42.0 Å². The Morgan fingerprint density at radius 2 is 1.58 bits per heavy atom. The van der Waals surface area contributed by atoms with E-state index >= 15 is 0 Å². The molecule has 2 N–H and O–H groups in total. The number of phenols is 2. The highest BCUT2D eigenvalue weighted by molar-refractivity contribution is 5.60. The first-order valence-electron chi connectivity index (χ1n) is 12.0. The summed E-state index contributed by atoms with van der Waals surface area (Å²) in [4.78, 5) is 4.87. The van der Waals surface area contributed by atoms with Crippen LogP contribution in [-0.4, -0.2) is 41.4 Å². The van der Waals surface area contributed by atoms with Crippen LogP contribution in [0.15, 0.2) is 66.7 Å². The fourth-order valence-corrected chi connectivity index (χ4v) is 5.09. The van der Waals surface area contributed by atoms with E-state index in [1.54, 1.807) is 18.2 Å². The number of benzene rings is 3. The Morgan fingerprint density at radius 1 is 0.848 bits per heavy atom. The number of aryl methyl sites for hydroxylation is 1. The Hall–Kier alpha value is -3.18. The molecule has 0 unspecified atom stereocenters. The first-order valence-corrected chi connectivity index (χ1v) is 12.0. The molecule has 0 radical (unpaired) electrons. The molecule has 2 aliphatic heterocycles. The summed E-state index contributed by atoms with van der Waals surface area (Å²) >= 11 is 0. The SMILES string of the molecule is Oc1ccc([C@H]2CCc3cc(O)ccc3N2Cc2ccc(OCCN3CCCC3)cc2)cc1. The van der Waals surface area contributed by atoms with Gasteiger partial charge in [0.1, 0.15) is 23.9 Å². The van der Waals surface area contributed by atoms with Crippen molar-refractivity contribution in [2.45, 2.75) is 38.3 Å². The maximum absolute atomic E-state index is 9.99. The van der Waals surface area contributed by atoms with Gasteiger partial charge in [-0.15, -0.1) is 0 Å². The van der Waals surface area contributed by atoms with Gasteiger partial charge in [-0.25, -0.2) is 0 Å². The lowest BCUT2D eigenvalue weighted by molar-refractivity contribution is 0.238. The van der Waals surface area contributed by atoms with Gasteiger partial charge in [0.2, 0.25) is 0 Å². The van der Waals surface area contributed by atoms with Crippen molar-refractivity contribution < 1.29 is 14.9 Å². The van der Waals surface area contributed by atoms with Gasteiger partial charge in [-0.1, -0.05) is 24.3 Å². The van der Waals surface area contributed by atoms with Crippen LogP contribution in [0.5, 0.6) is 17.2 Å². The van der Waals surface area contributed by atoms with Crippen molar-refractivity contribution in [1.82, 2.24) is 4.90 Å². The van der Waals surface area contributed by atoms with Crippen molar-refractivity contribution in [3.05, 3.63) is 83.4 Å². The molecule has 1 saturated heterocycles. The van der Waals surface area contributed by atoms with Crippen molar-refractivity contribution in [2.75, 3.05) is 31.1 Å². The van der Waals surface area contributed by atoms with Gasteiger partial charge in [0.25, 0.3) is 0 Å². The average Bonchev–Trinajstić information content (AvgIpc) is 3.34. The maximum Gasteiger partial charge on any atom is 0.119 e. The van der Waals surface area contributed by atoms with E-state index in [0.29, 0.717) is 5.75 Å². The van der Waals surface area contributed by atoms with Crippen LogP contribution in [0, 0.1) is 0 Å². The van der Waals surface area contributed by atoms with E-state index in [1.807, 2.05) is 24.3 Å². The maximum atomic E-state index is 9.99. The summed E-state index contributed by atoms with van der Waals surface area (Å²) in [6.07, 6.45) is 4.48. The van der Waals surface area contributed by atoms with Crippen LogP contribution in [-0.2, 0) is 13.0 Å². The number of rotatable bonds is 7. The molecule has 0 saturated carbocycles. The lowest BCUT2D eigenvalue weighted by atomic mass is 9.90. The lowest BCUT2D eigenvalue weighted by Gasteiger charge is -2.39. The Kier molecular flexibility index (Phi) is 6.40. The normalized spacial score (nSPS) is 18.3. The number of fused-ring (bicyclic) bond motifs is 1. The van der Waals surface area contributed by atoms with Crippen LogP contribution in [0.4, 0.5) is 5.69 Å². The minimum absolute atomic E-state index is 0.207. The number of phenolic OH excluding ortho intramolecular Hbond substituents is 2. The van der Waals surface area contributed by atoms with Crippen LogP contribution in [0.25, 0.3) is 0 Å². The zero-order valence-electron chi connectivity index (χ0n) is 19.0. The zero-order valence-corrected chi connectivity index (χ0v) is 19.0. The summed E-state index contributed by atoms with van der Waals surface area (Å²) in [6, 6.07) is 21.8. The van der Waals surface area contributed by atoms with Gasteiger partial charge in [0.15, 0.2) is 0 Å². The fourth-order valence-electron chi connectivity index (χ4n) is 5.09. The van der Waals surface area contributed by atoms with E-state index in [0.717, 1.165) is 44.0 Å². The van der Waals surface area contributed by atoms with Crippen LogP contribution >= 0.6 is 0 Å². The number of hydrogen-bond acceptors (Lipinski definition) is 5. The lowest BCUT2D eigenvalue weighted by Crippen LogP contribution is -2.32. The number of likely N-dealkylation sites (tertiary alicyclic amines) is 1. The summed E-state index contributed by atoms with van der Waals surface area (Å²) < 4.78 is 5.98. The van der Waals surface area contributed by atoms with E-state index in [1.165, 1.54) is 42.6 Å². The van der Waals surface area contributed by atoms with Crippen molar-refractivity contribution in [1.29, 1.82) is 0 Å². The molecule has 5 heteroatoms. The number of anilines is 1. The summed E-state index contributed by atoms with van der Waals surface area (Å²) in [5.74, 6) is 1.51. The molecule has 5 rings (SSSR count). The van der Waals surface area contributed by atoms with Crippen molar-refractivity contribution >= 4 is 5.69 Å². The molecule has 172 valence electrons. The first kappa shape index (κ1) is 21.7.